The molecule has 1 aliphatic rings. The lowest BCUT2D eigenvalue weighted by molar-refractivity contribution is 0.0374. The molecule has 0 bridgehead atoms. The molecule has 1 aromatic rings. The summed E-state index contributed by atoms with van der Waals surface area (Å²) in [5, 5.41) is 9.45. The molecule has 106 valence electrons. The molecule has 0 aromatic carbocycles. The van der Waals surface area contributed by atoms with E-state index in [1.54, 1.807) is 0 Å². The monoisotopic (exact) mass is 267 g/mol. The summed E-state index contributed by atoms with van der Waals surface area (Å²) in [6.07, 6.45) is 1.67. The molecule has 0 unspecified atom stereocenters. The summed E-state index contributed by atoms with van der Waals surface area (Å²) in [7, 11) is 0. The van der Waals surface area contributed by atoms with Crippen LogP contribution in [0.4, 0.5) is 0 Å². The molecule has 7 heteroatoms. The molecular formula is C12H21N5O2. The van der Waals surface area contributed by atoms with Gasteiger partial charge in [0.25, 0.3) is 5.91 Å². The fraction of sp³-hybridized carbons (Fsp3) is 0.750. The fourth-order valence-corrected chi connectivity index (χ4v) is 1.96. The number of aryl methyl sites for hydroxylation is 1. The van der Waals surface area contributed by atoms with Gasteiger partial charge in [-0.1, -0.05) is 6.92 Å². The Morgan fingerprint density at radius 2 is 2.26 bits per heavy atom. The normalized spacial score (nSPS) is 16.5. The minimum Gasteiger partial charge on any atom is -0.379 e. The quantitative estimate of drug-likeness (QED) is 0.699. The molecule has 2 N–H and O–H groups in total. The summed E-state index contributed by atoms with van der Waals surface area (Å²) >= 11 is 0. The van der Waals surface area contributed by atoms with Gasteiger partial charge in [0.05, 0.1) is 13.2 Å². The van der Waals surface area contributed by atoms with Crippen LogP contribution in [0.1, 0.15) is 29.8 Å². The number of nitrogens with zero attached hydrogens (tertiary/aromatic N) is 3. The summed E-state index contributed by atoms with van der Waals surface area (Å²) in [6, 6.07) is 0. The van der Waals surface area contributed by atoms with Gasteiger partial charge in [0, 0.05) is 26.1 Å². The smallest absolute Gasteiger partial charge is 0.290 e. The second kappa shape index (κ2) is 7.20. The Kier molecular flexibility index (Phi) is 5.29. The molecule has 1 fully saturated rings. The zero-order valence-corrected chi connectivity index (χ0v) is 11.3. The van der Waals surface area contributed by atoms with Gasteiger partial charge in [-0.25, -0.2) is 4.98 Å². The van der Waals surface area contributed by atoms with Gasteiger partial charge in [-0.15, -0.1) is 5.10 Å². The molecule has 0 atom stereocenters. The highest BCUT2D eigenvalue weighted by molar-refractivity contribution is 5.90. The number of ether oxygens (including phenoxy) is 1. The zero-order chi connectivity index (χ0) is 13.5. The number of carbonyl (C=O) groups excluding carboxylic acids is 1. The van der Waals surface area contributed by atoms with Crippen molar-refractivity contribution in [2.24, 2.45) is 0 Å². The standard InChI is InChI=1S/C12H21N5O2/c1-2-10-14-11(16-15-10)12(18)13-4-3-5-17-6-8-19-9-7-17/h2-9H2,1H3,(H,13,18)(H,14,15,16). The molecule has 0 aliphatic carbocycles. The molecular weight excluding hydrogens is 246 g/mol. The first-order valence-electron chi connectivity index (χ1n) is 6.79. The predicted molar refractivity (Wildman–Crippen MR) is 70.0 cm³/mol. The number of hydrogen-bond donors (Lipinski definition) is 2. The largest absolute Gasteiger partial charge is 0.379 e. The molecule has 1 aromatic heterocycles. The topological polar surface area (TPSA) is 83.1 Å². The van der Waals surface area contributed by atoms with Crippen molar-refractivity contribution in [1.82, 2.24) is 25.4 Å². The van der Waals surface area contributed by atoms with Crippen molar-refractivity contribution in [2.75, 3.05) is 39.4 Å². The third-order valence-electron chi connectivity index (χ3n) is 3.11. The number of morpholine rings is 1. The van der Waals surface area contributed by atoms with Crippen LogP contribution in [0.5, 0.6) is 0 Å². The van der Waals surface area contributed by atoms with Gasteiger partial charge in [-0.3, -0.25) is 14.8 Å². The van der Waals surface area contributed by atoms with E-state index in [1.165, 1.54) is 0 Å². The molecule has 2 heterocycles. The summed E-state index contributed by atoms with van der Waals surface area (Å²) in [5.41, 5.74) is 0. The highest BCUT2D eigenvalue weighted by Crippen LogP contribution is 1.98. The maximum atomic E-state index is 11.7. The Balaban J connectivity index is 1.63. The van der Waals surface area contributed by atoms with Gasteiger partial charge in [0.15, 0.2) is 0 Å². The lowest BCUT2D eigenvalue weighted by Crippen LogP contribution is -2.38. The zero-order valence-electron chi connectivity index (χ0n) is 11.3. The Labute approximate surface area is 112 Å². The van der Waals surface area contributed by atoms with Crippen molar-refractivity contribution in [1.29, 1.82) is 0 Å². The number of hydrogen-bond acceptors (Lipinski definition) is 5. The maximum Gasteiger partial charge on any atom is 0.290 e. The minimum absolute atomic E-state index is 0.210. The number of amides is 1. The van der Waals surface area contributed by atoms with Crippen LogP contribution in [0, 0.1) is 0 Å². The van der Waals surface area contributed by atoms with Gasteiger partial charge in [-0.05, 0) is 13.0 Å². The number of H-pyrrole nitrogens is 1. The lowest BCUT2D eigenvalue weighted by Gasteiger charge is -2.26. The van der Waals surface area contributed by atoms with Crippen LogP contribution < -0.4 is 5.32 Å². The minimum atomic E-state index is -0.210. The number of rotatable bonds is 6. The second-order valence-corrected chi connectivity index (χ2v) is 4.52. The highest BCUT2D eigenvalue weighted by Gasteiger charge is 2.12. The van der Waals surface area contributed by atoms with Crippen LogP contribution in [0.25, 0.3) is 0 Å². The predicted octanol–water partition coefficient (Wildman–Crippen LogP) is -0.181. The second-order valence-electron chi connectivity index (χ2n) is 4.52. The number of nitrogens with one attached hydrogen (secondary N) is 2. The van der Waals surface area contributed by atoms with E-state index in [4.69, 9.17) is 4.74 Å². The molecule has 1 amide bonds. The van der Waals surface area contributed by atoms with Gasteiger partial charge in [0.1, 0.15) is 5.82 Å². The number of aromatic nitrogens is 3. The van der Waals surface area contributed by atoms with Crippen LogP contribution in [0.3, 0.4) is 0 Å². The third-order valence-corrected chi connectivity index (χ3v) is 3.11. The average Bonchev–Trinajstić information content (AvgIpc) is 2.93. The van der Waals surface area contributed by atoms with Gasteiger partial charge < -0.3 is 10.1 Å². The Hall–Kier alpha value is -1.47. The molecule has 7 nitrogen and oxygen atoms in total. The van der Waals surface area contributed by atoms with Crippen LogP contribution in [0.2, 0.25) is 0 Å². The van der Waals surface area contributed by atoms with Crippen LogP contribution in [-0.2, 0) is 11.2 Å². The van der Waals surface area contributed by atoms with Crippen LogP contribution in [-0.4, -0.2) is 65.4 Å². The van der Waals surface area contributed by atoms with E-state index in [-0.39, 0.29) is 11.7 Å². The van der Waals surface area contributed by atoms with Crippen molar-refractivity contribution < 1.29 is 9.53 Å². The third kappa shape index (κ3) is 4.29. The van der Waals surface area contributed by atoms with Crippen molar-refractivity contribution in [3.05, 3.63) is 11.6 Å². The SMILES string of the molecule is CCc1nc(C(=O)NCCCN2CCOCC2)n[nH]1. The van der Waals surface area contributed by atoms with Gasteiger partial charge in [0.2, 0.25) is 5.82 Å². The summed E-state index contributed by atoms with van der Waals surface area (Å²) in [4.78, 5) is 18.2. The number of aromatic amines is 1. The summed E-state index contributed by atoms with van der Waals surface area (Å²) in [6.45, 7) is 7.17. The first-order chi connectivity index (χ1) is 9.29. The molecule has 0 saturated carbocycles. The average molecular weight is 267 g/mol. The van der Waals surface area contributed by atoms with Crippen LogP contribution >= 0.6 is 0 Å². The highest BCUT2D eigenvalue weighted by atomic mass is 16.5. The van der Waals surface area contributed by atoms with E-state index >= 15 is 0 Å². The van der Waals surface area contributed by atoms with E-state index in [9.17, 15) is 4.79 Å². The number of carbonyl (C=O) groups is 1. The van der Waals surface area contributed by atoms with Crippen molar-refractivity contribution in [2.45, 2.75) is 19.8 Å². The van der Waals surface area contributed by atoms with E-state index < -0.39 is 0 Å². The van der Waals surface area contributed by atoms with Crippen molar-refractivity contribution in [3.8, 4) is 0 Å². The van der Waals surface area contributed by atoms with E-state index in [2.05, 4.69) is 25.4 Å². The molecule has 2 rings (SSSR count). The molecule has 1 saturated heterocycles. The van der Waals surface area contributed by atoms with E-state index in [0.29, 0.717) is 6.54 Å². The maximum absolute atomic E-state index is 11.7. The Morgan fingerprint density at radius 1 is 1.47 bits per heavy atom. The van der Waals surface area contributed by atoms with Crippen LogP contribution in [0.15, 0.2) is 0 Å². The van der Waals surface area contributed by atoms with E-state index in [1.807, 2.05) is 6.92 Å². The first-order valence-corrected chi connectivity index (χ1v) is 6.79. The molecule has 19 heavy (non-hydrogen) atoms. The fourth-order valence-electron chi connectivity index (χ4n) is 1.96. The van der Waals surface area contributed by atoms with Crippen molar-refractivity contribution >= 4 is 5.91 Å². The Morgan fingerprint density at radius 3 is 2.95 bits per heavy atom. The first kappa shape index (κ1) is 14.0. The van der Waals surface area contributed by atoms with Gasteiger partial charge in [-0.2, -0.15) is 0 Å². The molecule has 0 radical (unpaired) electrons. The van der Waals surface area contributed by atoms with Gasteiger partial charge >= 0.3 is 0 Å². The Bertz CT molecular complexity index is 401. The van der Waals surface area contributed by atoms with Crippen molar-refractivity contribution in [3.63, 3.8) is 0 Å². The van der Waals surface area contributed by atoms with E-state index in [0.717, 1.165) is 51.5 Å². The lowest BCUT2D eigenvalue weighted by atomic mass is 10.3. The molecule has 1 aliphatic heterocycles. The molecule has 0 spiro atoms. The summed E-state index contributed by atoms with van der Waals surface area (Å²) < 4.78 is 5.28. The summed E-state index contributed by atoms with van der Waals surface area (Å²) in [5.74, 6) is 0.750.